The number of hydrogen-bond acceptors (Lipinski definition) is 5. The molecule has 0 aromatic heterocycles. The van der Waals surface area contributed by atoms with E-state index in [1.165, 1.54) is 25.7 Å². The minimum absolute atomic E-state index is 0.232. The first-order valence-corrected chi connectivity index (χ1v) is 15.6. The Morgan fingerprint density at radius 3 is 2.22 bits per heavy atom. The molecule has 4 aliphatic carbocycles. The summed E-state index contributed by atoms with van der Waals surface area (Å²) in [5.74, 6) is -0.107. The van der Waals surface area contributed by atoms with Gasteiger partial charge in [-0.05, 0) is 85.7 Å². The molecular formula is C34H52O7. The third-order valence-corrected chi connectivity index (χ3v) is 10.5. The molecule has 4 saturated carbocycles. The van der Waals surface area contributed by atoms with Crippen LogP contribution in [0.5, 0.6) is 0 Å². The van der Waals surface area contributed by atoms with Gasteiger partial charge in [-0.1, -0.05) is 70.1 Å². The van der Waals surface area contributed by atoms with Crippen molar-refractivity contribution >= 4 is 11.9 Å². The van der Waals surface area contributed by atoms with Gasteiger partial charge in [0.1, 0.15) is 0 Å². The molecule has 230 valence electrons. The maximum absolute atomic E-state index is 10.9. The highest BCUT2D eigenvalue weighted by molar-refractivity contribution is 5.75. The summed E-state index contributed by atoms with van der Waals surface area (Å²) in [5, 5.41) is 47.0. The van der Waals surface area contributed by atoms with E-state index in [0.717, 1.165) is 43.3 Å². The van der Waals surface area contributed by atoms with E-state index in [1.54, 1.807) is 5.57 Å². The van der Waals surface area contributed by atoms with Gasteiger partial charge in [0.25, 0.3) is 0 Å². The van der Waals surface area contributed by atoms with Crippen LogP contribution in [0.25, 0.3) is 0 Å². The number of allylic oxidation sites excluding steroid dienone is 4. The van der Waals surface area contributed by atoms with Gasteiger partial charge in [-0.25, -0.2) is 0 Å². The SMILES string of the molecule is C=C1/C(=C\C=C2/CCC[C@@]3(C)C2CC[C@@H]3[C@H](C)/C=C/[C@@H](C)C2(O)CCCC2)C[C@@H](O)C[C@@H]1O.O=C(O)CCC(=O)O. The molecule has 41 heavy (non-hydrogen) atoms. The maximum Gasteiger partial charge on any atom is 0.303 e. The number of aliphatic hydroxyl groups is 3. The van der Waals surface area contributed by atoms with Crippen molar-refractivity contribution in [2.24, 2.45) is 29.1 Å². The fourth-order valence-corrected chi connectivity index (χ4v) is 7.92. The predicted octanol–water partition coefficient (Wildman–Crippen LogP) is 6.20. The number of hydrogen-bond donors (Lipinski definition) is 5. The smallest absolute Gasteiger partial charge is 0.303 e. The van der Waals surface area contributed by atoms with Crippen molar-refractivity contribution in [2.45, 2.75) is 122 Å². The molecule has 7 atom stereocenters. The van der Waals surface area contributed by atoms with Gasteiger partial charge in [-0.15, -0.1) is 0 Å². The zero-order valence-corrected chi connectivity index (χ0v) is 25.2. The van der Waals surface area contributed by atoms with E-state index >= 15 is 0 Å². The molecule has 0 saturated heterocycles. The maximum atomic E-state index is 10.9. The van der Waals surface area contributed by atoms with Crippen LogP contribution in [0.2, 0.25) is 0 Å². The number of fused-ring (bicyclic) bond motifs is 1. The largest absolute Gasteiger partial charge is 0.481 e. The quantitative estimate of drug-likeness (QED) is 0.219. The van der Waals surface area contributed by atoms with Crippen molar-refractivity contribution in [1.82, 2.24) is 0 Å². The zero-order chi connectivity index (χ0) is 30.4. The van der Waals surface area contributed by atoms with Crippen LogP contribution in [0.1, 0.15) is 104 Å². The van der Waals surface area contributed by atoms with E-state index in [2.05, 4.69) is 51.7 Å². The van der Waals surface area contributed by atoms with Crippen LogP contribution in [0.3, 0.4) is 0 Å². The lowest BCUT2D eigenvalue weighted by Crippen LogP contribution is -2.36. The van der Waals surface area contributed by atoms with E-state index < -0.39 is 29.7 Å². The van der Waals surface area contributed by atoms with E-state index in [0.29, 0.717) is 36.0 Å². The monoisotopic (exact) mass is 572 g/mol. The predicted molar refractivity (Wildman–Crippen MR) is 160 cm³/mol. The summed E-state index contributed by atoms with van der Waals surface area (Å²) in [6, 6.07) is 0. The molecule has 5 N–H and O–H groups in total. The minimum atomic E-state index is -1.08. The first-order valence-electron chi connectivity index (χ1n) is 15.6. The van der Waals surface area contributed by atoms with Gasteiger partial charge >= 0.3 is 11.9 Å². The Labute approximate surface area is 245 Å². The summed E-state index contributed by atoms with van der Waals surface area (Å²) in [4.78, 5) is 19.3. The molecule has 1 unspecified atom stereocenters. The highest BCUT2D eigenvalue weighted by atomic mass is 16.4. The van der Waals surface area contributed by atoms with Gasteiger partial charge in [-0.2, -0.15) is 0 Å². The van der Waals surface area contributed by atoms with Crippen LogP contribution in [-0.2, 0) is 9.59 Å². The van der Waals surface area contributed by atoms with Gasteiger partial charge in [0.05, 0.1) is 30.7 Å². The Kier molecular flexibility index (Phi) is 11.6. The molecule has 4 fully saturated rings. The topological polar surface area (TPSA) is 135 Å². The average Bonchev–Trinajstić information content (AvgIpc) is 3.51. The second-order valence-electron chi connectivity index (χ2n) is 13.3. The standard InChI is InChI=1S/C30H46O3.C4H6O4/c1-20(9-10-21(2)30(33)16-5-6-17-30)26-13-14-27-23(8-7-15-29(26,27)4)11-12-24-18-25(31)19-28(32)22(24)3;5-3(6)1-2-4(7)8/h9-12,20-21,25-28,31-33H,3,5-8,13-19H2,1-2,4H3;1-2H2,(H,5,6)(H,7,8)/b10-9+,23-11+,24-12-;/t20-,21-,25-,26-,27?,28+,29-;/m1./s1. The number of aliphatic carboxylic acids is 2. The molecule has 0 spiro atoms. The summed E-state index contributed by atoms with van der Waals surface area (Å²) >= 11 is 0. The van der Waals surface area contributed by atoms with E-state index in [1.807, 2.05) is 0 Å². The van der Waals surface area contributed by atoms with Crippen LogP contribution < -0.4 is 0 Å². The van der Waals surface area contributed by atoms with Crippen molar-refractivity contribution in [3.63, 3.8) is 0 Å². The number of carboxylic acids is 2. The van der Waals surface area contributed by atoms with Gasteiger partial charge in [0, 0.05) is 12.3 Å². The molecular weight excluding hydrogens is 520 g/mol. The number of carboxylic acid groups (broad SMARTS) is 2. The lowest BCUT2D eigenvalue weighted by molar-refractivity contribution is -0.143. The first-order chi connectivity index (χ1) is 19.3. The van der Waals surface area contributed by atoms with Crippen molar-refractivity contribution in [1.29, 1.82) is 0 Å². The second-order valence-corrected chi connectivity index (χ2v) is 13.3. The summed E-state index contributed by atoms with van der Waals surface area (Å²) in [6.45, 7) is 11.2. The molecule has 4 aliphatic rings. The summed E-state index contributed by atoms with van der Waals surface area (Å²) in [6.07, 6.45) is 18.9. The van der Waals surface area contributed by atoms with Crippen LogP contribution in [0, 0.1) is 29.1 Å². The van der Waals surface area contributed by atoms with Gasteiger partial charge in [0.2, 0.25) is 0 Å². The molecule has 4 rings (SSSR count). The van der Waals surface area contributed by atoms with Gasteiger partial charge in [0.15, 0.2) is 0 Å². The summed E-state index contributed by atoms with van der Waals surface area (Å²) in [7, 11) is 0. The number of aliphatic hydroxyl groups excluding tert-OH is 2. The molecule has 7 nitrogen and oxygen atoms in total. The highest BCUT2D eigenvalue weighted by Crippen LogP contribution is 2.59. The molecule has 0 aromatic rings. The molecule has 7 heteroatoms. The Morgan fingerprint density at radius 2 is 1.61 bits per heavy atom. The number of carbonyl (C=O) groups is 2. The lowest BCUT2D eigenvalue weighted by atomic mass is 9.61. The highest BCUT2D eigenvalue weighted by Gasteiger charge is 2.50. The van der Waals surface area contributed by atoms with Crippen LogP contribution in [0.15, 0.2) is 47.6 Å². The van der Waals surface area contributed by atoms with Gasteiger partial charge < -0.3 is 25.5 Å². The molecule has 0 bridgehead atoms. The van der Waals surface area contributed by atoms with Crippen molar-refractivity contribution in [3.8, 4) is 0 Å². The normalized spacial score (nSPS) is 34.7. The minimum Gasteiger partial charge on any atom is -0.481 e. The lowest BCUT2D eigenvalue weighted by Gasteiger charge is -2.44. The van der Waals surface area contributed by atoms with Crippen LogP contribution >= 0.6 is 0 Å². The van der Waals surface area contributed by atoms with Crippen molar-refractivity contribution < 1.29 is 35.1 Å². The Bertz CT molecular complexity index is 1020. The molecule has 0 radical (unpaired) electrons. The van der Waals surface area contributed by atoms with Gasteiger partial charge in [-0.3, -0.25) is 9.59 Å². The zero-order valence-electron chi connectivity index (χ0n) is 25.2. The third kappa shape index (κ3) is 8.42. The number of rotatable bonds is 8. The third-order valence-electron chi connectivity index (χ3n) is 10.5. The fourth-order valence-electron chi connectivity index (χ4n) is 7.92. The van der Waals surface area contributed by atoms with Crippen molar-refractivity contribution in [2.75, 3.05) is 0 Å². The molecule has 0 aromatic carbocycles. The fraction of sp³-hybridized carbons (Fsp3) is 0.706. The van der Waals surface area contributed by atoms with E-state index in [4.69, 9.17) is 10.2 Å². The Balaban J connectivity index is 0.000000507. The molecule has 0 heterocycles. The van der Waals surface area contributed by atoms with E-state index in [9.17, 15) is 24.9 Å². The first kappa shape index (κ1) is 33.3. The molecule has 0 aliphatic heterocycles. The Hall–Kier alpha value is -2.22. The average molecular weight is 573 g/mol. The van der Waals surface area contributed by atoms with Crippen molar-refractivity contribution in [3.05, 3.63) is 47.6 Å². The summed E-state index contributed by atoms with van der Waals surface area (Å²) < 4.78 is 0. The van der Waals surface area contributed by atoms with Crippen LogP contribution in [0.4, 0.5) is 0 Å². The van der Waals surface area contributed by atoms with E-state index in [-0.39, 0.29) is 18.8 Å². The Morgan fingerprint density at radius 1 is 0.976 bits per heavy atom. The second kappa shape index (κ2) is 14.3. The van der Waals surface area contributed by atoms with Crippen LogP contribution in [-0.4, -0.2) is 55.3 Å². The summed E-state index contributed by atoms with van der Waals surface area (Å²) in [5.41, 5.74) is 3.16. The molecule has 0 amide bonds.